The Morgan fingerprint density at radius 2 is 1.75 bits per heavy atom. The van der Waals surface area contributed by atoms with Gasteiger partial charge in [-0.15, -0.1) is 11.3 Å². The lowest BCUT2D eigenvalue weighted by Crippen LogP contribution is -2.48. The molecule has 0 unspecified atom stereocenters. The smallest absolute Gasteiger partial charge is 0.264 e. The van der Waals surface area contributed by atoms with Crippen LogP contribution in [0.15, 0.2) is 53.9 Å². The van der Waals surface area contributed by atoms with Gasteiger partial charge in [-0.3, -0.25) is 14.9 Å². The average Bonchev–Trinajstić information content (AvgIpc) is 3.43. The first kappa shape index (κ1) is 24.4. The number of halogens is 1. The second-order valence-electron chi connectivity index (χ2n) is 8.19. The summed E-state index contributed by atoms with van der Waals surface area (Å²) in [6.07, 6.45) is 0. The van der Waals surface area contributed by atoms with Gasteiger partial charge < -0.3 is 24.6 Å². The van der Waals surface area contributed by atoms with Crippen molar-refractivity contribution in [2.24, 2.45) is 0 Å². The summed E-state index contributed by atoms with van der Waals surface area (Å²) in [7, 11) is 0. The molecular formula is C25H23ClN4O4S2. The SMILES string of the molecule is O=C(NC(=S)Nc1ccc(N2CCN(C(=O)c3cccs3)CC2)c(Cl)c1)c1ccc2c(c1)OCCO2. The standard InChI is InChI=1S/C25H23ClN4O4S2/c26-18-15-17(27-25(35)28-23(31)16-3-6-20-21(14-16)34-12-11-33-20)4-5-19(18)29-7-9-30(10-8-29)24(32)22-2-1-13-36-22/h1-6,13-15H,7-12H2,(H2,27,28,31,35). The number of fused-ring (bicyclic) bond motifs is 1. The van der Waals surface area contributed by atoms with Crippen molar-refractivity contribution in [2.75, 3.05) is 49.6 Å². The second kappa shape index (κ2) is 10.7. The van der Waals surface area contributed by atoms with E-state index in [-0.39, 0.29) is 16.9 Å². The van der Waals surface area contributed by atoms with E-state index in [1.165, 1.54) is 11.3 Å². The van der Waals surface area contributed by atoms with Crippen molar-refractivity contribution in [3.63, 3.8) is 0 Å². The number of piperazine rings is 1. The zero-order valence-electron chi connectivity index (χ0n) is 19.2. The Labute approximate surface area is 222 Å². The molecule has 0 saturated carbocycles. The van der Waals surface area contributed by atoms with Gasteiger partial charge in [-0.2, -0.15) is 0 Å². The van der Waals surface area contributed by atoms with Crippen molar-refractivity contribution < 1.29 is 19.1 Å². The molecule has 0 spiro atoms. The van der Waals surface area contributed by atoms with E-state index in [0.29, 0.717) is 67.2 Å². The van der Waals surface area contributed by atoms with Crippen LogP contribution >= 0.6 is 35.2 Å². The summed E-state index contributed by atoms with van der Waals surface area (Å²) in [5, 5.41) is 8.29. The van der Waals surface area contributed by atoms with Gasteiger partial charge in [0.05, 0.1) is 15.6 Å². The van der Waals surface area contributed by atoms with Gasteiger partial charge in [0.15, 0.2) is 16.6 Å². The van der Waals surface area contributed by atoms with Crippen molar-refractivity contribution in [2.45, 2.75) is 0 Å². The number of rotatable bonds is 4. The molecule has 36 heavy (non-hydrogen) atoms. The summed E-state index contributed by atoms with van der Waals surface area (Å²) in [6, 6.07) is 14.3. The largest absolute Gasteiger partial charge is 0.486 e. The van der Waals surface area contributed by atoms with Gasteiger partial charge in [0, 0.05) is 37.4 Å². The zero-order chi connectivity index (χ0) is 25.1. The molecule has 8 nitrogen and oxygen atoms in total. The number of anilines is 2. The van der Waals surface area contributed by atoms with Gasteiger partial charge in [-0.05, 0) is 60.1 Å². The molecule has 3 aromatic rings. The highest BCUT2D eigenvalue weighted by molar-refractivity contribution is 7.80. The maximum absolute atomic E-state index is 12.6. The predicted molar refractivity (Wildman–Crippen MR) is 145 cm³/mol. The lowest BCUT2D eigenvalue weighted by atomic mass is 10.2. The fraction of sp³-hybridized carbons (Fsp3) is 0.240. The fourth-order valence-electron chi connectivity index (χ4n) is 4.07. The summed E-state index contributed by atoms with van der Waals surface area (Å²) >= 11 is 13.4. The molecule has 2 aliphatic rings. The lowest BCUT2D eigenvalue weighted by molar-refractivity contribution is 0.0751. The third kappa shape index (κ3) is 5.40. The van der Waals surface area contributed by atoms with E-state index < -0.39 is 0 Å². The van der Waals surface area contributed by atoms with Crippen LogP contribution in [0.3, 0.4) is 0 Å². The molecular weight excluding hydrogens is 520 g/mol. The number of thiophene rings is 1. The minimum absolute atomic E-state index is 0.0714. The van der Waals surface area contributed by atoms with E-state index in [4.69, 9.17) is 33.3 Å². The number of amides is 2. The monoisotopic (exact) mass is 542 g/mol. The molecule has 11 heteroatoms. The lowest BCUT2D eigenvalue weighted by Gasteiger charge is -2.36. The highest BCUT2D eigenvalue weighted by Gasteiger charge is 2.24. The molecule has 2 amide bonds. The molecule has 2 aromatic carbocycles. The molecule has 0 atom stereocenters. The topological polar surface area (TPSA) is 83.1 Å². The first-order valence-electron chi connectivity index (χ1n) is 11.4. The van der Waals surface area contributed by atoms with Crippen LogP contribution in [0.1, 0.15) is 20.0 Å². The van der Waals surface area contributed by atoms with E-state index in [9.17, 15) is 9.59 Å². The number of ether oxygens (including phenoxy) is 2. The Morgan fingerprint density at radius 3 is 2.47 bits per heavy atom. The van der Waals surface area contributed by atoms with Gasteiger partial charge in [0.1, 0.15) is 13.2 Å². The summed E-state index contributed by atoms with van der Waals surface area (Å²) in [4.78, 5) is 30.0. The molecule has 2 N–H and O–H groups in total. The van der Waals surface area contributed by atoms with Crippen LogP contribution in [0, 0.1) is 0 Å². The molecule has 5 rings (SSSR count). The van der Waals surface area contributed by atoms with Crippen LogP contribution in [-0.2, 0) is 0 Å². The Bertz CT molecular complexity index is 1290. The van der Waals surface area contributed by atoms with Crippen LogP contribution in [-0.4, -0.2) is 61.2 Å². The van der Waals surface area contributed by atoms with E-state index in [1.54, 1.807) is 24.3 Å². The van der Waals surface area contributed by atoms with Gasteiger partial charge in [-0.1, -0.05) is 17.7 Å². The minimum atomic E-state index is -0.359. The fourth-order valence-corrected chi connectivity index (χ4v) is 5.27. The molecule has 186 valence electrons. The van der Waals surface area contributed by atoms with Gasteiger partial charge in [-0.25, -0.2) is 0 Å². The molecule has 3 heterocycles. The van der Waals surface area contributed by atoms with E-state index in [1.807, 2.05) is 34.5 Å². The van der Waals surface area contributed by atoms with Gasteiger partial charge in [0.25, 0.3) is 11.8 Å². The van der Waals surface area contributed by atoms with E-state index in [2.05, 4.69) is 15.5 Å². The number of nitrogens with one attached hydrogen (secondary N) is 2. The molecule has 0 radical (unpaired) electrons. The predicted octanol–water partition coefficient (Wildman–Crippen LogP) is 4.26. The van der Waals surface area contributed by atoms with Gasteiger partial charge >= 0.3 is 0 Å². The van der Waals surface area contributed by atoms with Crippen LogP contribution < -0.4 is 25.0 Å². The number of hydrogen-bond acceptors (Lipinski definition) is 7. The molecule has 1 aromatic heterocycles. The number of carbonyl (C=O) groups is 2. The minimum Gasteiger partial charge on any atom is -0.486 e. The third-order valence-corrected chi connectivity index (χ3v) is 7.24. The molecule has 2 aliphatic heterocycles. The first-order valence-corrected chi connectivity index (χ1v) is 13.0. The summed E-state index contributed by atoms with van der Waals surface area (Å²) in [6.45, 7) is 3.56. The highest BCUT2D eigenvalue weighted by Crippen LogP contribution is 2.31. The Balaban J connectivity index is 1.16. The Hall–Kier alpha value is -3.34. The zero-order valence-corrected chi connectivity index (χ0v) is 21.5. The van der Waals surface area contributed by atoms with Crippen molar-refractivity contribution >= 4 is 63.5 Å². The number of hydrogen-bond donors (Lipinski definition) is 2. The van der Waals surface area contributed by atoms with Crippen LogP contribution in [0.2, 0.25) is 5.02 Å². The summed E-state index contributed by atoms with van der Waals surface area (Å²) in [5.41, 5.74) is 1.95. The number of benzene rings is 2. The van der Waals surface area contributed by atoms with Crippen molar-refractivity contribution in [1.29, 1.82) is 0 Å². The van der Waals surface area contributed by atoms with Crippen LogP contribution in [0.5, 0.6) is 11.5 Å². The van der Waals surface area contributed by atoms with Crippen molar-refractivity contribution in [3.05, 3.63) is 69.4 Å². The highest BCUT2D eigenvalue weighted by atomic mass is 35.5. The Kier molecular flexibility index (Phi) is 7.26. The Morgan fingerprint density at radius 1 is 0.972 bits per heavy atom. The maximum Gasteiger partial charge on any atom is 0.264 e. The van der Waals surface area contributed by atoms with Crippen LogP contribution in [0.4, 0.5) is 11.4 Å². The maximum atomic E-state index is 12.6. The molecule has 1 saturated heterocycles. The quantitative estimate of drug-likeness (QED) is 0.477. The molecule has 0 aliphatic carbocycles. The van der Waals surface area contributed by atoms with Gasteiger partial charge in [0.2, 0.25) is 0 Å². The average molecular weight is 543 g/mol. The number of thiocarbonyl (C=S) groups is 1. The third-order valence-electron chi connectivity index (χ3n) is 5.88. The summed E-state index contributed by atoms with van der Waals surface area (Å²) in [5.74, 6) is 0.861. The number of carbonyl (C=O) groups excluding carboxylic acids is 2. The van der Waals surface area contributed by atoms with E-state index >= 15 is 0 Å². The van der Waals surface area contributed by atoms with Crippen molar-refractivity contribution in [1.82, 2.24) is 10.2 Å². The second-order valence-corrected chi connectivity index (χ2v) is 9.95. The van der Waals surface area contributed by atoms with Crippen LogP contribution in [0.25, 0.3) is 0 Å². The van der Waals surface area contributed by atoms with E-state index in [0.717, 1.165) is 10.6 Å². The molecule has 1 fully saturated rings. The van der Waals surface area contributed by atoms with Crippen molar-refractivity contribution in [3.8, 4) is 11.5 Å². The first-order chi connectivity index (χ1) is 17.5. The number of nitrogens with zero attached hydrogens (tertiary/aromatic N) is 2. The normalized spacial score (nSPS) is 14.8. The molecule has 0 bridgehead atoms. The summed E-state index contributed by atoms with van der Waals surface area (Å²) < 4.78 is 11.0.